The Morgan fingerprint density at radius 3 is 2.37 bits per heavy atom. The number of hydrogen-bond donors (Lipinski definition) is 2. The summed E-state index contributed by atoms with van der Waals surface area (Å²) in [6.45, 7) is 2.83. The smallest absolute Gasteiger partial charge is 0.222 e. The van der Waals surface area contributed by atoms with Crippen LogP contribution >= 0.6 is 0 Å². The van der Waals surface area contributed by atoms with E-state index in [1.807, 2.05) is 7.05 Å². The molecule has 1 aliphatic heterocycles. The number of benzene rings is 1. The number of nitrogens with zero attached hydrogens (tertiary/aromatic N) is 1. The van der Waals surface area contributed by atoms with Crippen molar-refractivity contribution in [3.63, 3.8) is 0 Å². The predicted molar refractivity (Wildman–Crippen MR) is 78.2 cm³/mol. The Balaban J connectivity index is 1.92. The van der Waals surface area contributed by atoms with E-state index < -0.39 is 0 Å². The van der Waals surface area contributed by atoms with Gasteiger partial charge in [-0.3, -0.25) is 4.79 Å². The van der Waals surface area contributed by atoms with E-state index in [-0.39, 0.29) is 11.8 Å². The highest BCUT2D eigenvalue weighted by atomic mass is 16.1. The molecule has 0 spiro atoms. The van der Waals surface area contributed by atoms with Gasteiger partial charge in [0, 0.05) is 38.3 Å². The van der Waals surface area contributed by atoms with Crippen LogP contribution in [0.25, 0.3) is 0 Å². The minimum absolute atomic E-state index is 0.184. The molecule has 0 saturated carbocycles. The second kappa shape index (κ2) is 6.57. The van der Waals surface area contributed by atoms with Gasteiger partial charge in [-0.15, -0.1) is 0 Å². The first-order chi connectivity index (χ1) is 9.24. The maximum Gasteiger partial charge on any atom is 0.222 e. The lowest BCUT2D eigenvalue weighted by Gasteiger charge is -2.32. The van der Waals surface area contributed by atoms with Crippen LogP contribution in [0.1, 0.15) is 18.4 Å². The predicted octanol–water partition coefficient (Wildman–Crippen LogP) is 1.37. The molecule has 1 aromatic carbocycles. The second-order valence-electron chi connectivity index (χ2n) is 5.07. The lowest BCUT2D eigenvalue weighted by atomic mass is 9.95. The van der Waals surface area contributed by atoms with Gasteiger partial charge in [0.15, 0.2) is 0 Å². The molecule has 104 valence electrons. The highest BCUT2D eigenvalue weighted by Gasteiger charge is 2.24. The van der Waals surface area contributed by atoms with Crippen LogP contribution in [0.4, 0.5) is 5.69 Å². The molecule has 1 fully saturated rings. The molecule has 0 unspecified atom stereocenters. The average molecular weight is 261 g/mol. The molecule has 0 radical (unpaired) electrons. The van der Waals surface area contributed by atoms with Crippen molar-refractivity contribution in [2.24, 2.45) is 5.92 Å². The SMILES string of the molecule is CNCc1ccc(N2CCC(C(=O)NC)CC2)cc1. The van der Waals surface area contributed by atoms with Crippen LogP contribution in [-0.4, -0.2) is 33.1 Å². The van der Waals surface area contributed by atoms with E-state index in [4.69, 9.17) is 0 Å². The van der Waals surface area contributed by atoms with Crippen LogP contribution < -0.4 is 15.5 Å². The standard InChI is InChI=1S/C15H23N3O/c1-16-11-12-3-5-14(6-4-12)18-9-7-13(8-10-18)15(19)17-2/h3-6,13,16H,7-11H2,1-2H3,(H,17,19). The number of nitrogens with one attached hydrogen (secondary N) is 2. The molecule has 0 aliphatic carbocycles. The third-order valence-electron chi connectivity index (χ3n) is 3.79. The molecule has 4 nitrogen and oxygen atoms in total. The zero-order chi connectivity index (χ0) is 13.7. The van der Waals surface area contributed by atoms with Crippen LogP contribution in [0.3, 0.4) is 0 Å². The normalized spacial score (nSPS) is 16.4. The van der Waals surface area contributed by atoms with E-state index in [0.717, 1.165) is 32.5 Å². The van der Waals surface area contributed by atoms with E-state index in [0.29, 0.717) is 0 Å². The Kier molecular flexibility index (Phi) is 4.80. The molecular formula is C15H23N3O. The van der Waals surface area contributed by atoms with Gasteiger partial charge in [0.1, 0.15) is 0 Å². The number of carbonyl (C=O) groups is 1. The van der Waals surface area contributed by atoms with Gasteiger partial charge in [-0.2, -0.15) is 0 Å². The van der Waals surface area contributed by atoms with Crippen LogP contribution in [0.2, 0.25) is 0 Å². The van der Waals surface area contributed by atoms with Gasteiger partial charge in [-0.25, -0.2) is 0 Å². The lowest BCUT2D eigenvalue weighted by molar-refractivity contribution is -0.125. The summed E-state index contributed by atoms with van der Waals surface area (Å²) in [5.74, 6) is 0.369. The summed E-state index contributed by atoms with van der Waals surface area (Å²) >= 11 is 0. The van der Waals surface area contributed by atoms with Crippen molar-refractivity contribution in [3.8, 4) is 0 Å². The van der Waals surface area contributed by atoms with Gasteiger partial charge < -0.3 is 15.5 Å². The highest BCUT2D eigenvalue weighted by molar-refractivity contribution is 5.78. The van der Waals surface area contributed by atoms with Crippen LogP contribution in [0, 0.1) is 5.92 Å². The van der Waals surface area contributed by atoms with Crippen molar-refractivity contribution in [2.75, 3.05) is 32.1 Å². The summed E-state index contributed by atoms with van der Waals surface area (Å²) in [4.78, 5) is 14.0. The first kappa shape index (κ1) is 13.9. The fraction of sp³-hybridized carbons (Fsp3) is 0.533. The minimum atomic E-state index is 0.184. The van der Waals surface area contributed by atoms with Gasteiger partial charge in [-0.05, 0) is 37.6 Å². The van der Waals surface area contributed by atoms with Crippen LogP contribution in [-0.2, 0) is 11.3 Å². The summed E-state index contributed by atoms with van der Waals surface area (Å²) in [5, 5.41) is 5.90. The Hall–Kier alpha value is -1.55. The Bertz CT molecular complexity index is 408. The number of rotatable bonds is 4. The molecule has 1 aromatic rings. The van der Waals surface area contributed by atoms with E-state index in [2.05, 4.69) is 39.8 Å². The third kappa shape index (κ3) is 3.47. The third-order valence-corrected chi connectivity index (χ3v) is 3.79. The largest absolute Gasteiger partial charge is 0.371 e. The second-order valence-corrected chi connectivity index (χ2v) is 5.07. The van der Waals surface area contributed by atoms with E-state index in [1.165, 1.54) is 11.3 Å². The zero-order valence-electron chi connectivity index (χ0n) is 11.8. The number of carbonyl (C=O) groups excluding carboxylic acids is 1. The van der Waals surface area contributed by atoms with E-state index in [9.17, 15) is 4.79 Å². The molecule has 0 atom stereocenters. The fourth-order valence-electron chi connectivity index (χ4n) is 2.63. The molecule has 0 aromatic heterocycles. The maximum absolute atomic E-state index is 11.6. The molecule has 2 N–H and O–H groups in total. The zero-order valence-corrected chi connectivity index (χ0v) is 11.8. The van der Waals surface area contributed by atoms with Gasteiger partial charge in [0.05, 0.1) is 0 Å². The number of hydrogen-bond acceptors (Lipinski definition) is 3. The quantitative estimate of drug-likeness (QED) is 0.860. The molecule has 1 saturated heterocycles. The Labute approximate surface area is 115 Å². The van der Waals surface area contributed by atoms with Gasteiger partial charge in [0.25, 0.3) is 0 Å². The first-order valence-corrected chi connectivity index (χ1v) is 6.94. The van der Waals surface area contributed by atoms with Crippen molar-refractivity contribution in [2.45, 2.75) is 19.4 Å². The molecule has 19 heavy (non-hydrogen) atoms. The highest BCUT2D eigenvalue weighted by Crippen LogP contribution is 2.23. The van der Waals surface area contributed by atoms with Crippen molar-refractivity contribution < 1.29 is 4.79 Å². The maximum atomic E-state index is 11.6. The molecule has 4 heteroatoms. The fourth-order valence-corrected chi connectivity index (χ4v) is 2.63. The first-order valence-electron chi connectivity index (χ1n) is 6.94. The van der Waals surface area contributed by atoms with E-state index in [1.54, 1.807) is 7.05 Å². The molecule has 1 amide bonds. The molecular weight excluding hydrogens is 238 g/mol. The average Bonchev–Trinajstić information content (AvgIpc) is 2.48. The number of piperidine rings is 1. The minimum Gasteiger partial charge on any atom is -0.371 e. The van der Waals surface area contributed by atoms with Crippen molar-refractivity contribution in [1.82, 2.24) is 10.6 Å². The molecule has 1 aliphatic rings. The summed E-state index contributed by atoms with van der Waals surface area (Å²) in [6, 6.07) is 8.67. The Morgan fingerprint density at radius 1 is 1.21 bits per heavy atom. The van der Waals surface area contributed by atoms with Gasteiger partial charge in [0.2, 0.25) is 5.91 Å². The van der Waals surface area contributed by atoms with E-state index >= 15 is 0 Å². The lowest BCUT2D eigenvalue weighted by Crippen LogP contribution is -2.39. The van der Waals surface area contributed by atoms with Crippen molar-refractivity contribution in [1.29, 1.82) is 0 Å². The van der Waals surface area contributed by atoms with Gasteiger partial charge in [-0.1, -0.05) is 12.1 Å². The number of amides is 1. The molecule has 1 heterocycles. The molecule has 2 rings (SSSR count). The van der Waals surface area contributed by atoms with Crippen LogP contribution in [0.15, 0.2) is 24.3 Å². The Morgan fingerprint density at radius 2 is 1.84 bits per heavy atom. The summed E-state index contributed by atoms with van der Waals surface area (Å²) < 4.78 is 0. The summed E-state index contributed by atoms with van der Waals surface area (Å²) in [5.41, 5.74) is 2.56. The topological polar surface area (TPSA) is 44.4 Å². The summed E-state index contributed by atoms with van der Waals surface area (Å²) in [7, 11) is 3.67. The van der Waals surface area contributed by atoms with Gasteiger partial charge >= 0.3 is 0 Å². The monoisotopic (exact) mass is 261 g/mol. The van der Waals surface area contributed by atoms with Crippen molar-refractivity contribution >= 4 is 11.6 Å². The molecule has 0 bridgehead atoms. The van der Waals surface area contributed by atoms with Crippen LogP contribution in [0.5, 0.6) is 0 Å². The van der Waals surface area contributed by atoms with Crippen molar-refractivity contribution in [3.05, 3.63) is 29.8 Å². The summed E-state index contributed by atoms with van der Waals surface area (Å²) in [6.07, 6.45) is 1.88. The number of anilines is 1.